The Bertz CT molecular complexity index is 550. The fourth-order valence-corrected chi connectivity index (χ4v) is 2.12. The standard InChI is InChI=1S/C16H18ClNO3/c1-19-14-8-13(10-17)9-15(20-2)16(14)21-7-5-12-4-3-6-18-11-12/h3-4,6,8-9,11H,5,7,10H2,1-2H3. The van der Waals surface area contributed by atoms with Gasteiger partial charge in [0.2, 0.25) is 5.75 Å². The predicted molar refractivity (Wildman–Crippen MR) is 82.5 cm³/mol. The van der Waals surface area contributed by atoms with E-state index < -0.39 is 0 Å². The van der Waals surface area contributed by atoms with Crippen LogP contribution in [0.3, 0.4) is 0 Å². The molecular weight excluding hydrogens is 290 g/mol. The average Bonchev–Trinajstić information content (AvgIpc) is 2.55. The highest BCUT2D eigenvalue weighted by atomic mass is 35.5. The third-order valence-electron chi connectivity index (χ3n) is 3.03. The molecule has 0 aliphatic heterocycles. The first kappa shape index (κ1) is 15.4. The molecule has 0 aliphatic carbocycles. The molecule has 4 nitrogen and oxygen atoms in total. The zero-order valence-electron chi connectivity index (χ0n) is 12.1. The third kappa shape index (κ3) is 4.02. The number of ether oxygens (including phenoxy) is 3. The minimum absolute atomic E-state index is 0.392. The fourth-order valence-electron chi connectivity index (χ4n) is 1.97. The molecule has 0 saturated heterocycles. The largest absolute Gasteiger partial charge is 0.493 e. The van der Waals surface area contributed by atoms with Gasteiger partial charge in [-0.15, -0.1) is 11.6 Å². The van der Waals surface area contributed by atoms with E-state index in [4.69, 9.17) is 25.8 Å². The maximum atomic E-state index is 5.86. The first-order chi connectivity index (χ1) is 10.3. The van der Waals surface area contributed by atoms with Gasteiger partial charge >= 0.3 is 0 Å². The monoisotopic (exact) mass is 307 g/mol. The van der Waals surface area contributed by atoms with Crippen LogP contribution >= 0.6 is 11.6 Å². The van der Waals surface area contributed by atoms with Gasteiger partial charge < -0.3 is 14.2 Å². The van der Waals surface area contributed by atoms with Gasteiger partial charge in [-0.2, -0.15) is 0 Å². The second kappa shape index (κ2) is 7.74. The molecule has 0 aliphatic rings. The number of aromatic nitrogens is 1. The third-order valence-corrected chi connectivity index (χ3v) is 3.34. The Labute approximate surface area is 129 Å². The Morgan fingerprint density at radius 2 is 1.81 bits per heavy atom. The van der Waals surface area contributed by atoms with Crippen molar-refractivity contribution in [1.29, 1.82) is 0 Å². The number of hydrogen-bond acceptors (Lipinski definition) is 4. The molecule has 0 N–H and O–H groups in total. The minimum atomic E-state index is 0.392. The Hall–Kier alpha value is -1.94. The van der Waals surface area contributed by atoms with E-state index in [1.54, 1.807) is 20.4 Å². The van der Waals surface area contributed by atoms with Crippen LogP contribution in [0.4, 0.5) is 0 Å². The molecule has 0 atom stereocenters. The lowest BCUT2D eigenvalue weighted by atomic mass is 10.2. The van der Waals surface area contributed by atoms with Crippen molar-refractivity contribution in [2.24, 2.45) is 0 Å². The SMILES string of the molecule is COc1cc(CCl)cc(OC)c1OCCc1cccnc1. The number of methoxy groups -OCH3 is 2. The van der Waals surface area contributed by atoms with Gasteiger partial charge in [-0.1, -0.05) is 6.07 Å². The summed E-state index contributed by atoms with van der Waals surface area (Å²) in [6, 6.07) is 7.64. The number of hydrogen-bond donors (Lipinski definition) is 0. The first-order valence-corrected chi connectivity index (χ1v) is 7.14. The Kier molecular flexibility index (Phi) is 5.69. The lowest BCUT2D eigenvalue weighted by molar-refractivity contribution is 0.277. The van der Waals surface area contributed by atoms with Gasteiger partial charge in [-0.05, 0) is 29.3 Å². The molecule has 1 heterocycles. The molecule has 21 heavy (non-hydrogen) atoms. The van der Waals surface area contributed by atoms with E-state index in [9.17, 15) is 0 Å². The van der Waals surface area contributed by atoms with Crippen molar-refractivity contribution in [3.63, 3.8) is 0 Å². The quantitative estimate of drug-likeness (QED) is 0.735. The number of alkyl halides is 1. The van der Waals surface area contributed by atoms with Gasteiger partial charge in [0.15, 0.2) is 11.5 Å². The van der Waals surface area contributed by atoms with Crippen LogP contribution in [0, 0.1) is 0 Å². The van der Waals surface area contributed by atoms with Gasteiger partial charge in [0.1, 0.15) is 0 Å². The number of halogens is 1. The summed E-state index contributed by atoms with van der Waals surface area (Å²) >= 11 is 5.86. The molecule has 5 heteroatoms. The molecule has 2 rings (SSSR count). The summed E-state index contributed by atoms with van der Waals surface area (Å²) in [6.45, 7) is 0.513. The predicted octanol–water partition coefficient (Wildman–Crippen LogP) is 3.46. The highest BCUT2D eigenvalue weighted by Crippen LogP contribution is 2.39. The van der Waals surface area contributed by atoms with Gasteiger partial charge in [0.05, 0.1) is 20.8 Å². The van der Waals surface area contributed by atoms with E-state index in [-0.39, 0.29) is 0 Å². The second-order valence-corrected chi connectivity index (χ2v) is 4.69. The van der Waals surface area contributed by atoms with Crippen molar-refractivity contribution >= 4 is 11.6 Å². The van der Waals surface area contributed by atoms with Crippen LogP contribution < -0.4 is 14.2 Å². The molecule has 0 bridgehead atoms. The molecule has 2 aromatic rings. The summed E-state index contributed by atoms with van der Waals surface area (Å²) in [5, 5.41) is 0. The normalized spacial score (nSPS) is 10.2. The topological polar surface area (TPSA) is 40.6 Å². The van der Waals surface area contributed by atoms with Crippen LogP contribution in [0.15, 0.2) is 36.7 Å². The van der Waals surface area contributed by atoms with Crippen LogP contribution in [0.2, 0.25) is 0 Å². The summed E-state index contributed by atoms with van der Waals surface area (Å²) in [4.78, 5) is 4.08. The van der Waals surface area contributed by atoms with E-state index >= 15 is 0 Å². The summed E-state index contributed by atoms with van der Waals surface area (Å²) in [7, 11) is 3.20. The van der Waals surface area contributed by atoms with Crippen molar-refractivity contribution in [3.05, 3.63) is 47.8 Å². The fraction of sp³-hybridized carbons (Fsp3) is 0.312. The lowest BCUT2D eigenvalue weighted by Crippen LogP contribution is -2.05. The molecule has 0 saturated carbocycles. The summed E-state index contributed by atoms with van der Waals surface area (Å²) < 4.78 is 16.5. The second-order valence-electron chi connectivity index (χ2n) is 4.42. The molecule has 0 radical (unpaired) electrons. The molecule has 0 unspecified atom stereocenters. The smallest absolute Gasteiger partial charge is 0.203 e. The maximum absolute atomic E-state index is 5.86. The van der Waals surface area contributed by atoms with Crippen molar-refractivity contribution < 1.29 is 14.2 Å². The van der Waals surface area contributed by atoms with Crippen LogP contribution in [0.1, 0.15) is 11.1 Å². The van der Waals surface area contributed by atoms with Crippen LogP contribution in [0.25, 0.3) is 0 Å². The summed E-state index contributed by atoms with van der Waals surface area (Å²) in [5.74, 6) is 2.23. The number of pyridine rings is 1. The zero-order chi connectivity index (χ0) is 15.1. The van der Waals surface area contributed by atoms with Gasteiger partial charge in [0, 0.05) is 24.7 Å². The van der Waals surface area contributed by atoms with Gasteiger partial charge in [-0.3, -0.25) is 4.98 Å². The molecule has 0 spiro atoms. The average molecular weight is 308 g/mol. The number of rotatable bonds is 7. The number of nitrogens with zero attached hydrogens (tertiary/aromatic N) is 1. The van der Waals surface area contributed by atoms with Crippen LogP contribution in [-0.4, -0.2) is 25.8 Å². The molecule has 112 valence electrons. The van der Waals surface area contributed by atoms with E-state index in [1.165, 1.54) is 0 Å². The lowest BCUT2D eigenvalue weighted by Gasteiger charge is -2.15. The van der Waals surface area contributed by atoms with Crippen LogP contribution in [-0.2, 0) is 12.3 Å². The summed E-state index contributed by atoms with van der Waals surface area (Å²) in [6.07, 6.45) is 4.34. The Morgan fingerprint density at radius 1 is 1.10 bits per heavy atom. The van der Waals surface area contributed by atoms with Crippen LogP contribution in [0.5, 0.6) is 17.2 Å². The van der Waals surface area contributed by atoms with E-state index in [0.717, 1.165) is 17.5 Å². The number of benzene rings is 1. The highest BCUT2D eigenvalue weighted by Gasteiger charge is 2.14. The first-order valence-electron chi connectivity index (χ1n) is 6.61. The van der Waals surface area contributed by atoms with E-state index in [2.05, 4.69) is 4.98 Å². The Balaban J connectivity index is 2.11. The van der Waals surface area contributed by atoms with E-state index in [0.29, 0.717) is 29.7 Å². The summed E-state index contributed by atoms with van der Waals surface area (Å²) in [5.41, 5.74) is 2.04. The minimum Gasteiger partial charge on any atom is -0.493 e. The molecule has 0 fully saturated rings. The van der Waals surface area contributed by atoms with Crippen molar-refractivity contribution in [2.75, 3.05) is 20.8 Å². The zero-order valence-corrected chi connectivity index (χ0v) is 12.9. The molecule has 1 aromatic carbocycles. The Morgan fingerprint density at radius 3 is 2.33 bits per heavy atom. The van der Waals surface area contributed by atoms with Crippen molar-refractivity contribution in [2.45, 2.75) is 12.3 Å². The molecule has 1 aromatic heterocycles. The van der Waals surface area contributed by atoms with Crippen molar-refractivity contribution in [3.8, 4) is 17.2 Å². The highest BCUT2D eigenvalue weighted by molar-refractivity contribution is 6.17. The van der Waals surface area contributed by atoms with E-state index in [1.807, 2.05) is 30.5 Å². The van der Waals surface area contributed by atoms with Gasteiger partial charge in [-0.25, -0.2) is 0 Å². The van der Waals surface area contributed by atoms with Crippen molar-refractivity contribution in [1.82, 2.24) is 4.98 Å². The van der Waals surface area contributed by atoms with Gasteiger partial charge in [0.25, 0.3) is 0 Å². The maximum Gasteiger partial charge on any atom is 0.203 e. The molecular formula is C16H18ClNO3. The molecule has 0 amide bonds.